The second kappa shape index (κ2) is 12.4. The van der Waals surface area contributed by atoms with Crippen LogP contribution in [-0.4, -0.2) is 15.4 Å². The summed E-state index contributed by atoms with van der Waals surface area (Å²) in [7, 11) is 0. The van der Waals surface area contributed by atoms with E-state index in [9.17, 15) is 0 Å². The van der Waals surface area contributed by atoms with Crippen LogP contribution < -0.4 is 4.40 Å². The summed E-state index contributed by atoms with van der Waals surface area (Å²) in [5.74, 6) is 0. The van der Waals surface area contributed by atoms with Gasteiger partial charge < -0.3 is 0 Å². The molecule has 0 saturated heterocycles. The molecule has 0 aliphatic carbocycles. The molecular weight excluding hydrogens is 481 g/mol. The van der Waals surface area contributed by atoms with Crippen LogP contribution in [-0.2, 0) is 37.4 Å². The molecule has 0 aliphatic rings. The molecule has 0 aliphatic heterocycles. The van der Waals surface area contributed by atoms with Gasteiger partial charge in [-0.25, -0.2) is 0 Å². The van der Waals surface area contributed by atoms with Gasteiger partial charge in [-0.05, 0) is 13.3 Å². The molecule has 4 rings (SSSR count). The van der Waals surface area contributed by atoms with Gasteiger partial charge in [0.25, 0.3) is 0 Å². The van der Waals surface area contributed by atoms with Gasteiger partial charge in [0.1, 0.15) is 0 Å². The Morgan fingerprint density at radius 2 is 0.886 bits per heavy atom. The Hall–Kier alpha value is -2.58. The van der Waals surface area contributed by atoms with Gasteiger partial charge in [-0.2, -0.15) is 0 Å². The van der Waals surface area contributed by atoms with E-state index in [4.69, 9.17) is 0 Å². The van der Waals surface area contributed by atoms with Gasteiger partial charge in [0, 0.05) is 0 Å². The van der Waals surface area contributed by atoms with Gasteiger partial charge in [-0.15, -0.1) is 0 Å². The molecule has 35 heavy (non-hydrogen) atoms. The number of rotatable bonds is 10. The summed E-state index contributed by atoms with van der Waals surface area (Å²) >= 11 is -0.141. The van der Waals surface area contributed by atoms with Crippen molar-refractivity contribution in [2.45, 2.75) is 65.1 Å². The molecule has 0 nitrogen and oxygen atoms in total. The summed E-state index contributed by atoms with van der Waals surface area (Å²) in [4.78, 5) is 0. The van der Waals surface area contributed by atoms with Crippen LogP contribution in [0.5, 0.6) is 0 Å². The summed E-state index contributed by atoms with van der Waals surface area (Å²) in [5.41, 5.74) is 13.0. The van der Waals surface area contributed by atoms with E-state index in [2.05, 4.69) is 113 Å². The summed E-state index contributed by atoms with van der Waals surface area (Å²) < 4.78 is 1.54. The van der Waals surface area contributed by atoms with Gasteiger partial charge in [0.05, 0.1) is 0 Å². The molecule has 4 aromatic rings. The maximum atomic E-state index is 2.47. The Kier molecular flexibility index (Phi) is 9.04. The van der Waals surface area contributed by atoms with Gasteiger partial charge in [-0.1, -0.05) is 13.0 Å². The molecule has 2 radical (unpaired) electrons. The Morgan fingerprint density at radius 3 is 1.43 bits per heavy atom. The van der Waals surface area contributed by atoms with Crippen molar-refractivity contribution in [3.05, 3.63) is 135 Å². The molecule has 0 spiro atoms. The van der Waals surface area contributed by atoms with Crippen LogP contribution in [0.4, 0.5) is 0 Å². The fraction of sp³-hybridized carbons (Fsp3) is 0.294. The molecule has 178 valence electrons. The molecule has 0 fully saturated rings. The van der Waals surface area contributed by atoms with Crippen LogP contribution in [0, 0.1) is 6.92 Å². The second-order valence-electron chi connectivity index (χ2n) is 9.78. The van der Waals surface area contributed by atoms with E-state index in [-0.39, 0.29) is 15.4 Å². The Morgan fingerprint density at radius 1 is 0.486 bits per heavy atom. The molecular formula is C34H38Ge. The van der Waals surface area contributed by atoms with Crippen molar-refractivity contribution in [3.63, 3.8) is 0 Å². The predicted octanol–water partition coefficient (Wildman–Crippen LogP) is 7.39. The van der Waals surface area contributed by atoms with E-state index in [0.29, 0.717) is 0 Å². The first-order valence-corrected chi connectivity index (χ1v) is 15.7. The Labute approximate surface area is 219 Å². The first kappa shape index (κ1) is 25.5. The standard InChI is InChI=1S/C34H38Ge/c1-5-26-13-25(4)14-29(15-26)20-30-16-27(6-2)17-31(21-30)22-32-18-28(7-3)19-33(23-32)24-35-34-11-9-8-10-12-34/h8-19,21,23H,5-7,20,22,24H2,1-4H3. The van der Waals surface area contributed by atoms with Crippen molar-refractivity contribution < 1.29 is 0 Å². The SMILES string of the molecule is CCc1cc(C)cc(Cc2cc(CC)cc(Cc3cc(CC)cc([CH2][Ge][c]4ccccc4)c3)c2)c1. The van der Waals surface area contributed by atoms with Crippen LogP contribution in [0.1, 0.15) is 70.8 Å². The van der Waals surface area contributed by atoms with Crippen molar-refractivity contribution in [2.24, 2.45) is 0 Å². The van der Waals surface area contributed by atoms with Crippen LogP contribution in [0.15, 0.2) is 84.9 Å². The minimum absolute atomic E-state index is 0.141. The molecule has 0 amide bonds. The third-order valence-electron chi connectivity index (χ3n) is 6.73. The average Bonchev–Trinajstić information content (AvgIpc) is 2.87. The molecule has 0 N–H and O–H groups in total. The second-order valence-corrected chi connectivity index (χ2v) is 12.5. The summed E-state index contributed by atoms with van der Waals surface area (Å²) in [5, 5.41) is 1.22. The van der Waals surface area contributed by atoms with Gasteiger partial charge in [0.2, 0.25) is 0 Å². The first-order valence-electron chi connectivity index (χ1n) is 13.2. The normalized spacial score (nSPS) is 11.1. The molecule has 1 heteroatoms. The van der Waals surface area contributed by atoms with Gasteiger partial charge >= 0.3 is 194 Å². The number of hydrogen-bond donors (Lipinski definition) is 0. The van der Waals surface area contributed by atoms with Crippen molar-refractivity contribution in [2.75, 3.05) is 0 Å². The third-order valence-corrected chi connectivity index (χ3v) is 9.52. The molecule has 0 aromatic heterocycles. The molecule has 0 atom stereocenters. The summed E-state index contributed by atoms with van der Waals surface area (Å²) in [6, 6.07) is 32.7. The summed E-state index contributed by atoms with van der Waals surface area (Å²) in [6.45, 7) is 9.01. The molecule has 0 saturated carbocycles. The minimum atomic E-state index is -0.141. The maximum absolute atomic E-state index is 2.47. The number of hydrogen-bond acceptors (Lipinski definition) is 0. The van der Waals surface area contributed by atoms with E-state index < -0.39 is 0 Å². The van der Waals surface area contributed by atoms with Crippen LogP contribution >= 0.6 is 0 Å². The van der Waals surface area contributed by atoms with Crippen LogP contribution in [0.25, 0.3) is 0 Å². The van der Waals surface area contributed by atoms with Gasteiger partial charge in [-0.3, -0.25) is 0 Å². The zero-order valence-electron chi connectivity index (χ0n) is 21.8. The van der Waals surface area contributed by atoms with Crippen molar-refractivity contribution >= 4 is 19.8 Å². The van der Waals surface area contributed by atoms with Gasteiger partial charge in [0.15, 0.2) is 0 Å². The van der Waals surface area contributed by atoms with E-state index >= 15 is 0 Å². The fourth-order valence-electron chi connectivity index (χ4n) is 4.98. The van der Waals surface area contributed by atoms with Crippen molar-refractivity contribution in [3.8, 4) is 0 Å². The third kappa shape index (κ3) is 7.45. The molecule has 4 aromatic carbocycles. The molecule has 0 bridgehead atoms. The van der Waals surface area contributed by atoms with Crippen LogP contribution in [0.3, 0.4) is 0 Å². The van der Waals surface area contributed by atoms with Crippen molar-refractivity contribution in [1.82, 2.24) is 0 Å². The number of aryl methyl sites for hydroxylation is 4. The monoisotopic (exact) mass is 520 g/mol. The number of benzene rings is 4. The zero-order valence-corrected chi connectivity index (χ0v) is 23.9. The zero-order chi connectivity index (χ0) is 24.6. The van der Waals surface area contributed by atoms with E-state index in [1.165, 1.54) is 55.3 Å². The Balaban J connectivity index is 1.56. The average molecular weight is 519 g/mol. The van der Waals surface area contributed by atoms with Crippen LogP contribution in [0.2, 0.25) is 0 Å². The van der Waals surface area contributed by atoms with E-state index in [1.807, 2.05) is 0 Å². The van der Waals surface area contributed by atoms with E-state index in [0.717, 1.165) is 32.1 Å². The Bertz CT molecular complexity index is 1250. The quantitative estimate of drug-likeness (QED) is 0.192. The fourth-order valence-corrected chi connectivity index (χ4v) is 7.16. The first-order chi connectivity index (χ1) is 17.0. The molecule has 0 unspecified atom stereocenters. The van der Waals surface area contributed by atoms with Crippen molar-refractivity contribution in [1.29, 1.82) is 0 Å². The summed E-state index contributed by atoms with van der Waals surface area (Å²) in [6.07, 6.45) is 5.30. The topological polar surface area (TPSA) is 0 Å². The van der Waals surface area contributed by atoms with E-state index in [1.54, 1.807) is 4.40 Å². The molecule has 0 heterocycles. The predicted molar refractivity (Wildman–Crippen MR) is 153 cm³/mol.